The zero-order chi connectivity index (χ0) is 13.1. The number of anilines is 1. The van der Waals surface area contributed by atoms with Crippen molar-refractivity contribution in [3.05, 3.63) is 51.2 Å². The van der Waals surface area contributed by atoms with Crippen molar-refractivity contribution in [2.24, 2.45) is 0 Å². The average Bonchev–Trinajstić information content (AvgIpc) is 2.81. The van der Waals surface area contributed by atoms with E-state index in [-0.39, 0.29) is 11.9 Å². The Labute approximate surface area is 115 Å². The van der Waals surface area contributed by atoms with Gasteiger partial charge in [0.15, 0.2) is 0 Å². The van der Waals surface area contributed by atoms with E-state index in [1.807, 2.05) is 24.4 Å². The van der Waals surface area contributed by atoms with E-state index in [4.69, 9.17) is 17.3 Å². The zero-order valence-electron chi connectivity index (χ0n) is 9.81. The molecular weight excluding hydrogens is 268 g/mol. The third-order valence-corrected chi connectivity index (χ3v) is 3.96. The average molecular weight is 281 g/mol. The second-order valence-electron chi connectivity index (χ2n) is 3.91. The van der Waals surface area contributed by atoms with Gasteiger partial charge in [0, 0.05) is 10.6 Å². The smallest absolute Gasteiger partial charge is 0.255 e. The normalized spacial score (nSPS) is 12.1. The lowest BCUT2D eigenvalue weighted by molar-refractivity contribution is 0.0941. The van der Waals surface area contributed by atoms with Crippen molar-refractivity contribution in [3.8, 4) is 0 Å². The summed E-state index contributed by atoms with van der Waals surface area (Å²) in [7, 11) is 0. The molecule has 1 aromatic carbocycles. The van der Waals surface area contributed by atoms with Crippen LogP contribution in [0.5, 0.6) is 0 Å². The first-order valence-electron chi connectivity index (χ1n) is 5.48. The van der Waals surface area contributed by atoms with Crippen molar-refractivity contribution in [1.29, 1.82) is 0 Å². The Balaban J connectivity index is 2.18. The van der Waals surface area contributed by atoms with Crippen LogP contribution in [0, 0.1) is 0 Å². The van der Waals surface area contributed by atoms with Crippen LogP contribution < -0.4 is 11.1 Å². The first-order valence-corrected chi connectivity index (χ1v) is 6.73. The monoisotopic (exact) mass is 280 g/mol. The Hall–Kier alpha value is -1.52. The standard InChI is InChI=1S/C13H13ClN2OS/c1-8(11-6-3-7-18-11)16-13(17)12-9(14)4-2-5-10(12)15/h2-8H,15H2,1H3,(H,16,17). The van der Waals surface area contributed by atoms with E-state index in [1.54, 1.807) is 29.5 Å². The molecule has 18 heavy (non-hydrogen) atoms. The topological polar surface area (TPSA) is 55.1 Å². The minimum absolute atomic E-state index is 0.0619. The number of nitrogens with one attached hydrogen (secondary N) is 1. The first kappa shape index (κ1) is 12.9. The number of amides is 1. The van der Waals surface area contributed by atoms with E-state index in [1.165, 1.54) is 0 Å². The highest BCUT2D eigenvalue weighted by atomic mass is 35.5. The summed E-state index contributed by atoms with van der Waals surface area (Å²) in [5, 5.41) is 5.23. The van der Waals surface area contributed by atoms with Gasteiger partial charge >= 0.3 is 0 Å². The molecular formula is C13H13ClN2OS. The summed E-state index contributed by atoms with van der Waals surface area (Å²) in [5.74, 6) is -0.251. The third kappa shape index (κ3) is 2.66. The van der Waals surface area contributed by atoms with Crippen molar-refractivity contribution < 1.29 is 4.79 Å². The van der Waals surface area contributed by atoms with Gasteiger partial charge in [0.05, 0.1) is 16.6 Å². The molecule has 1 amide bonds. The number of thiophene rings is 1. The Morgan fingerprint density at radius 1 is 1.39 bits per heavy atom. The molecule has 0 saturated heterocycles. The SMILES string of the molecule is CC(NC(=O)c1c(N)cccc1Cl)c1cccs1. The lowest BCUT2D eigenvalue weighted by atomic mass is 10.1. The maximum absolute atomic E-state index is 12.1. The maximum atomic E-state index is 12.1. The maximum Gasteiger partial charge on any atom is 0.255 e. The number of carbonyl (C=O) groups is 1. The molecule has 3 N–H and O–H groups in total. The molecule has 1 aromatic heterocycles. The van der Waals surface area contributed by atoms with E-state index in [0.717, 1.165) is 4.88 Å². The molecule has 5 heteroatoms. The molecule has 3 nitrogen and oxygen atoms in total. The number of hydrogen-bond acceptors (Lipinski definition) is 3. The molecule has 1 atom stereocenters. The van der Waals surface area contributed by atoms with E-state index in [2.05, 4.69) is 5.32 Å². The van der Waals surface area contributed by atoms with Gasteiger partial charge in [-0.3, -0.25) is 4.79 Å². The largest absolute Gasteiger partial charge is 0.398 e. The summed E-state index contributed by atoms with van der Waals surface area (Å²) in [6.45, 7) is 1.93. The molecule has 0 radical (unpaired) electrons. The van der Waals surface area contributed by atoms with Crippen molar-refractivity contribution in [1.82, 2.24) is 5.32 Å². The Kier molecular flexibility index (Phi) is 3.89. The van der Waals surface area contributed by atoms with Crippen molar-refractivity contribution in [2.45, 2.75) is 13.0 Å². The van der Waals surface area contributed by atoms with Crippen LogP contribution in [0.1, 0.15) is 28.2 Å². The van der Waals surface area contributed by atoms with Gasteiger partial charge in [-0.15, -0.1) is 11.3 Å². The van der Waals surface area contributed by atoms with E-state index >= 15 is 0 Å². The van der Waals surface area contributed by atoms with E-state index in [0.29, 0.717) is 16.3 Å². The predicted octanol–water partition coefficient (Wildman–Crippen LogP) is 3.47. The minimum atomic E-state index is -0.251. The Morgan fingerprint density at radius 2 is 2.17 bits per heavy atom. The van der Waals surface area contributed by atoms with Crippen LogP contribution in [-0.4, -0.2) is 5.91 Å². The van der Waals surface area contributed by atoms with Crippen LogP contribution in [0.15, 0.2) is 35.7 Å². The van der Waals surface area contributed by atoms with Gasteiger partial charge in [-0.25, -0.2) is 0 Å². The summed E-state index contributed by atoms with van der Waals surface area (Å²) in [5.41, 5.74) is 6.50. The van der Waals surface area contributed by atoms with Crippen molar-refractivity contribution in [3.63, 3.8) is 0 Å². The number of nitrogen functional groups attached to an aromatic ring is 1. The molecule has 0 bridgehead atoms. The number of benzene rings is 1. The molecule has 1 unspecified atom stereocenters. The molecule has 94 valence electrons. The number of rotatable bonds is 3. The van der Waals surface area contributed by atoms with Crippen LogP contribution >= 0.6 is 22.9 Å². The van der Waals surface area contributed by atoms with Crippen LogP contribution in [0.2, 0.25) is 5.02 Å². The molecule has 0 saturated carbocycles. The van der Waals surface area contributed by atoms with Crippen LogP contribution in [-0.2, 0) is 0 Å². The number of halogens is 1. The molecule has 0 fully saturated rings. The fourth-order valence-corrected chi connectivity index (χ4v) is 2.66. The highest BCUT2D eigenvalue weighted by molar-refractivity contribution is 7.10. The lowest BCUT2D eigenvalue weighted by Crippen LogP contribution is -2.27. The summed E-state index contributed by atoms with van der Waals surface area (Å²) in [6.07, 6.45) is 0. The molecule has 1 heterocycles. The van der Waals surface area contributed by atoms with Crippen molar-refractivity contribution in [2.75, 3.05) is 5.73 Å². The van der Waals surface area contributed by atoms with Gasteiger partial charge in [0.1, 0.15) is 0 Å². The van der Waals surface area contributed by atoms with Gasteiger partial charge in [0.25, 0.3) is 5.91 Å². The second-order valence-corrected chi connectivity index (χ2v) is 5.30. The van der Waals surface area contributed by atoms with Gasteiger partial charge < -0.3 is 11.1 Å². The third-order valence-electron chi connectivity index (χ3n) is 2.59. The van der Waals surface area contributed by atoms with Gasteiger partial charge in [-0.1, -0.05) is 23.7 Å². The molecule has 2 aromatic rings. The zero-order valence-corrected chi connectivity index (χ0v) is 11.4. The van der Waals surface area contributed by atoms with Crippen LogP contribution in [0.25, 0.3) is 0 Å². The molecule has 0 spiro atoms. The van der Waals surface area contributed by atoms with E-state index in [9.17, 15) is 4.79 Å². The Bertz CT molecular complexity index is 534. The Morgan fingerprint density at radius 3 is 2.78 bits per heavy atom. The number of nitrogens with two attached hydrogens (primary N) is 1. The highest BCUT2D eigenvalue weighted by Crippen LogP contribution is 2.24. The van der Waals surface area contributed by atoms with Gasteiger partial charge in [0.2, 0.25) is 0 Å². The number of hydrogen-bond donors (Lipinski definition) is 2. The quantitative estimate of drug-likeness (QED) is 0.846. The van der Waals surface area contributed by atoms with Crippen molar-refractivity contribution >= 4 is 34.5 Å². The molecule has 0 aliphatic rings. The van der Waals surface area contributed by atoms with Crippen LogP contribution in [0.4, 0.5) is 5.69 Å². The fraction of sp³-hybridized carbons (Fsp3) is 0.154. The molecule has 0 aliphatic carbocycles. The van der Waals surface area contributed by atoms with Crippen LogP contribution in [0.3, 0.4) is 0 Å². The number of carbonyl (C=O) groups excluding carboxylic acids is 1. The van der Waals surface area contributed by atoms with Gasteiger partial charge in [-0.2, -0.15) is 0 Å². The van der Waals surface area contributed by atoms with Gasteiger partial charge in [-0.05, 0) is 30.5 Å². The molecule has 0 aliphatic heterocycles. The van der Waals surface area contributed by atoms with E-state index < -0.39 is 0 Å². The summed E-state index contributed by atoms with van der Waals surface area (Å²) < 4.78 is 0. The highest BCUT2D eigenvalue weighted by Gasteiger charge is 2.17. The second kappa shape index (κ2) is 5.42. The summed E-state index contributed by atoms with van der Waals surface area (Å²) in [4.78, 5) is 13.2. The minimum Gasteiger partial charge on any atom is -0.398 e. The lowest BCUT2D eigenvalue weighted by Gasteiger charge is -2.14. The fourth-order valence-electron chi connectivity index (χ4n) is 1.66. The first-order chi connectivity index (χ1) is 8.59. The summed E-state index contributed by atoms with van der Waals surface area (Å²) >= 11 is 7.59. The predicted molar refractivity (Wildman–Crippen MR) is 76.1 cm³/mol. The summed E-state index contributed by atoms with van der Waals surface area (Å²) in [6, 6.07) is 8.90. The molecule has 2 rings (SSSR count).